The van der Waals surface area contributed by atoms with Crippen LogP contribution in [0.1, 0.15) is 32.4 Å². The average Bonchev–Trinajstić information content (AvgIpc) is 2.48. The first kappa shape index (κ1) is 16.5. The molecule has 3 heteroatoms. The molecule has 1 aliphatic heterocycles. The van der Waals surface area contributed by atoms with Gasteiger partial charge in [-0.2, -0.15) is 0 Å². The molecule has 1 aromatic rings. The summed E-state index contributed by atoms with van der Waals surface area (Å²) in [6.45, 7) is 13.9. The molecule has 3 nitrogen and oxygen atoms in total. The molecule has 0 bridgehead atoms. The molecule has 1 heterocycles. The van der Waals surface area contributed by atoms with E-state index < -0.39 is 0 Å². The second-order valence-corrected chi connectivity index (χ2v) is 6.97. The zero-order chi connectivity index (χ0) is 15.3. The fraction of sp³-hybridized carbons (Fsp3) is 0.667. The van der Waals surface area contributed by atoms with Crippen molar-refractivity contribution in [2.24, 2.45) is 5.41 Å². The third kappa shape index (κ3) is 4.53. The average molecular weight is 289 g/mol. The summed E-state index contributed by atoms with van der Waals surface area (Å²) >= 11 is 0. The highest BCUT2D eigenvalue weighted by Crippen LogP contribution is 2.34. The summed E-state index contributed by atoms with van der Waals surface area (Å²) in [5, 5.41) is 3.70. The lowest BCUT2D eigenvalue weighted by molar-refractivity contribution is 0.0904. The van der Waals surface area contributed by atoms with E-state index in [1.165, 1.54) is 31.7 Å². The minimum absolute atomic E-state index is 0.216. The van der Waals surface area contributed by atoms with Gasteiger partial charge in [-0.05, 0) is 24.6 Å². The largest absolute Gasteiger partial charge is 0.310 e. The predicted octanol–water partition coefficient (Wildman–Crippen LogP) is 2.61. The van der Waals surface area contributed by atoms with Crippen LogP contribution in [0, 0.1) is 5.41 Å². The Kier molecular flexibility index (Phi) is 5.80. The van der Waals surface area contributed by atoms with Crippen LogP contribution < -0.4 is 5.32 Å². The van der Waals surface area contributed by atoms with Gasteiger partial charge in [0, 0.05) is 38.8 Å². The van der Waals surface area contributed by atoms with Crippen LogP contribution in [0.25, 0.3) is 0 Å². The number of likely N-dealkylation sites (N-methyl/N-ethyl adjacent to an activating group) is 1. The molecule has 0 saturated carbocycles. The molecular weight excluding hydrogens is 258 g/mol. The topological polar surface area (TPSA) is 18.5 Å². The van der Waals surface area contributed by atoms with Crippen LogP contribution in [0.2, 0.25) is 0 Å². The summed E-state index contributed by atoms with van der Waals surface area (Å²) in [5.41, 5.74) is 1.62. The zero-order valence-electron chi connectivity index (χ0n) is 14.1. The number of hydrogen-bond donors (Lipinski definition) is 1. The minimum atomic E-state index is 0.216. The number of nitrogens with one attached hydrogen (secondary N) is 1. The molecule has 1 N–H and O–H groups in total. The van der Waals surface area contributed by atoms with E-state index in [0.29, 0.717) is 6.04 Å². The molecule has 0 radical (unpaired) electrons. The van der Waals surface area contributed by atoms with E-state index in [9.17, 15) is 0 Å². The zero-order valence-corrected chi connectivity index (χ0v) is 14.1. The highest BCUT2D eigenvalue weighted by Gasteiger charge is 2.32. The predicted molar refractivity (Wildman–Crippen MR) is 90.6 cm³/mol. The van der Waals surface area contributed by atoms with Crippen molar-refractivity contribution >= 4 is 0 Å². The molecule has 118 valence electrons. The van der Waals surface area contributed by atoms with Crippen molar-refractivity contribution in [2.45, 2.75) is 26.8 Å². The molecule has 1 aromatic carbocycles. The first-order chi connectivity index (χ1) is 10.0. The van der Waals surface area contributed by atoms with Gasteiger partial charge >= 0.3 is 0 Å². The Labute approximate surface area is 130 Å². The summed E-state index contributed by atoms with van der Waals surface area (Å²) in [6, 6.07) is 11.3. The number of nitrogens with zero attached hydrogens (tertiary/aromatic N) is 2. The Bertz CT molecular complexity index is 408. The van der Waals surface area contributed by atoms with Crippen LogP contribution in [0.4, 0.5) is 0 Å². The van der Waals surface area contributed by atoms with Gasteiger partial charge in [0.15, 0.2) is 0 Å². The summed E-state index contributed by atoms with van der Waals surface area (Å²) in [7, 11) is 2.22. The molecule has 1 atom stereocenters. The molecule has 2 rings (SSSR count). The molecule has 1 fully saturated rings. The van der Waals surface area contributed by atoms with E-state index in [0.717, 1.165) is 13.1 Å². The van der Waals surface area contributed by atoms with E-state index in [1.54, 1.807) is 0 Å². The lowest BCUT2D eigenvalue weighted by Crippen LogP contribution is -2.50. The maximum atomic E-state index is 3.70. The monoisotopic (exact) mass is 289 g/mol. The number of hydrogen-bond acceptors (Lipinski definition) is 3. The summed E-state index contributed by atoms with van der Waals surface area (Å²) in [6.07, 6.45) is 0. The molecule has 0 spiro atoms. The molecular formula is C18H31N3. The first-order valence-corrected chi connectivity index (χ1v) is 8.22. The van der Waals surface area contributed by atoms with Crippen molar-refractivity contribution in [1.82, 2.24) is 15.1 Å². The Morgan fingerprint density at radius 1 is 1.10 bits per heavy atom. The normalized spacial score (nSPS) is 19.6. The fourth-order valence-corrected chi connectivity index (χ4v) is 3.37. The van der Waals surface area contributed by atoms with Crippen molar-refractivity contribution < 1.29 is 0 Å². The Balaban J connectivity index is 2.06. The Morgan fingerprint density at radius 2 is 1.71 bits per heavy atom. The lowest BCUT2D eigenvalue weighted by atomic mass is 9.79. The van der Waals surface area contributed by atoms with Crippen molar-refractivity contribution in [3.05, 3.63) is 35.9 Å². The van der Waals surface area contributed by atoms with Gasteiger partial charge in [-0.25, -0.2) is 0 Å². The first-order valence-electron chi connectivity index (χ1n) is 8.22. The maximum absolute atomic E-state index is 3.70. The van der Waals surface area contributed by atoms with Crippen molar-refractivity contribution in [3.8, 4) is 0 Å². The van der Waals surface area contributed by atoms with E-state index >= 15 is 0 Å². The summed E-state index contributed by atoms with van der Waals surface area (Å²) < 4.78 is 0. The van der Waals surface area contributed by atoms with Crippen LogP contribution in [0.15, 0.2) is 30.3 Å². The van der Waals surface area contributed by atoms with E-state index in [-0.39, 0.29) is 5.41 Å². The van der Waals surface area contributed by atoms with Gasteiger partial charge < -0.3 is 15.1 Å². The second-order valence-electron chi connectivity index (χ2n) is 6.97. The van der Waals surface area contributed by atoms with Crippen molar-refractivity contribution in [3.63, 3.8) is 0 Å². The van der Waals surface area contributed by atoms with Gasteiger partial charge in [0.2, 0.25) is 0 Å². The molecule has 1 aliphatic rings. The minimum Gasteiger partial charge on any atom is -0.310 e. The summed E-state index contributed by atoms with van der Waals surface area (Å²) in [5.74, 6) is 0. The van der Waals surface area contributed by atoms with Gasteiger partial charge in [-0.3, -0.25) is 0 Å². The van der Waals surface area contributed by atoms with Crippen LogP contribution in [0.3, 0.4) is 0 Å². The number of piperazine rings is 1. The Morgan fingerprint density at radius 3 is 2.29 bits per heavy atom. The molecule has 1 unspecified atom stereocenters. The molecule has 0 amide bonds. The van der Waals surface area contributed by atoms with Gasteiger partial charge in [0.25, 0.3) is 0 Å². The van der Waals surface area contributed by atoms with Crippen LogP contribution in [-0.4, -0.2) is 56.1 Å². The maximum Gasteiger partial charge on any atom is 0.0384 e. The molecule has 1 saturated heterocycles. The van der Waals surface area contributed by atoms with Gasteiger partial charge in [-0.15, -0.1) is 0 Å². The quantitative estimate of drug-likeness (QED) is 0.868. The fourth-order valence-electron chi connectivity index (χ4n) is 3.37. The highest BCUT2D eigenvalue weighted by atomic mass is 15.2. The van der Waals surface area contributed by atoms with Crippen LogP contribution in [-0.2, 0) is 0 Å². The standard InChI is InChI=1S/C18H31N3/c1-5-19-17(16-9-7-6-8-10-16)18(2,3)15-21-13-11-20(4)12-14-21/h6-10,17,19H,5,11-15H2,1-4H3. The highest BCUT2D eigenvalue weighted by molar-refractivity contribution is 5.21. The molecule has 0 aromatic heterocycles. The van der Waals surface area contributed by atoms with Gasteiger partial charge in [0.05, 0.1) is 0 Å². The van der Waals surface area contributed by atoms with E-state index in [2.05, 4.69) is 73.3 Å². The van der Waals surface area contributed by atoms with Crippen molar-refractivity contribution in [2.75, 3.05) is 46.3 Å². The SMILES string of the molecule is CCNC(c1ccccc1)C(C)(C)CN1CCN(C)CC1. The van der Waals surface area contributed by atoms with Gasteiger partial charge in [0.1, 0.15) is 0 Å². The molecule has 21 heavy (non-hydrogen) atoms. The van der Waals surface area contributed by atoms with Crippen molar-refractivity contribution in [1.29, 1.82) is 0 Å². The number of benzene rings is 1. The molecule has 0 aliphatic carbocycles. The third-order valence-corrected chi connectivity index (χ3v) is 4.55. The lowest BCUT2D eigenvalue weighted by Gasteiger charge is -2.42. The van der Waals surface area contributed by atoms with E-state index in [4.69, 9.17) is 0 Å². The number of rotatable bonds is 6. The third-order valence-electron chi connectivity index (χ3n) is 4.55. The van der Waals surface area contributed by atoms with E-state index in [1.807, 2.05) is 0 Å². The van der Waals surface area contributed by atoms with Crippen LogP contribution >= 0.6 is 0 Å². The second kappa shape index (κ2) is 7.39. The smallest absolute Gasteiger partial charge is 0.0384 e. The van der Waals surface area contributed by atoms with Crippen LogP contribution in [0.5, 0.6) is 0 Å². The van der Waals surface area contributed by atoms with Gasteiger partial charge in [-0.1, -0.05) is 51.1 Å². The summed E-state index contributed by atoms with van der Waals surface area (Å²) in [4.78, 5) is 5.04. The Hall–Kier alpha value is -0.900.